The zero-order valence-corrected chi connectivity index (χ0v) is 16.6. The minimum absolute atomic E-state index is 0.0134. The molecule has 0 saturated carbocycles. The molecule has 1 aromatic heterocycles. The number of quaternary nitrogens is 1. The minimum Gasteiger partial charge on any atom is -0.481 e. The second-order valence-electron chi connectivity index (χ2n) is 7.36. The second-order valence-corrected chi connectivity index (χ2v) is 7.79. The molecule has 0 saturated heterocycles. The molecule has 0 aliphatic heterocycles. The van der Waals surface area contributed by atoms with Crippen molar-refractivity contribution < 1.29 is 19.1 Å². The fraction of sp³-hybridized carbons (Fsp3) is 0.421. The van der Waals surface area contributed by atoms with Crippen molar-refractivity contribution in [2.24, 2.45) is 0 Å². The molecule has 2 rings (SSSR count). The number of hydrogen-bond acceptors (Lipinski definition) is 5. The number of rotatable bonds is 10. The number of nitrogens with zero attached hydrogens (tertiary/aromatic N) is 3. The van der Waals surface area contributed by atoms with Crippen LogP contribution in [0.2, 0.25) is 5.02 Å². The van der Waals surface area contributed by atoms with Crippen molar-refractivity contribution in [3.05, 3.63) is 47.1 Å². The maximum atomic E-state index is 11.1. The van der Waals surface area contributed by atoms with E-state index in [4.69, 9.17) is 21.4 Å². The Morgan fingerprint density at radius 3 is 2.59 bits per heavy atom. The highest BCUT2D eigenvalue weighted by molar-refractivity contribution is 6.30. The van der Waals surface area contributed by atoms with E-state index in [9.17, 15) is 4.79 Å². The molecule has 0 aliphatic rings. The van der Waals surface area contributed by atoms with Crippen LogP contribution < -0.4 is 10.1 Å². The van der Waals surface area contributed by atoms with Crippen LogP contribution in [0.1, 0.15) is 12.0 Å². The summed E-state index contributed by atoms with van der Waals surface area (Å²) in [5.74, 6) is -0.0594. The number of aromatic nitrogens is 2. The van der Waals surface area contributed by atoms with Gasteiger partial charge in [-0.05, 0) is 17.7 Å². The van der Waals surface area contributed by atoms with E-state index in [0.717, 1.165) is 12.0 Å². The molecule has 27 heavy (non-hydrogen) atoms. The predicted octanol–water partition coefficient (Wildman–Crippen LogP) is 2.71. The molecule has 1 heterocycles. The number of carbonyl (C=O) groups is 1. The van der Waals surface area contributed by atoms with E-state index >= 15 is 0 Å². The molecule has 0 amide bonds. The topological polar surface area (TPSA) is 84.3 Å². The van der Waals surface area contributed by atoms with Gasteiger partial charge in [-0.3, -0.25) is 4.79 Å². The van der Waals surface area contributed by atoms with E-state index in [1.54, 1.807) is 12.3 Å². The minimum atomic E-state index is -0.865. The Balaban J connectivity index is 1.94. The Labute approximate surface area is 164 Å². The van der Waals surface area contributed by atoms with Crippen LogP contribution in [-0.4, -0.2) is 65.9 Å². The third-order valence-electron chi connectivity index (χ3n) is 3.71. The number of likely N-dealkylation sites (N-methyl/N-ethyl adjacent to an activating group) is 1. The first-order valence-corrected chi connectivity index (χ1v) is 9.08. The van der Waals surface area contributed by atoms with Gasteiger partial charge in [0.05, 0.1) is 46.8 Å². The smallest absolute Gasteiger partial charge is 0.305 e. The van der Waals surface area contributed by atoms with E-state index < -0.39 is 5.97 Å². The van der Waals surface area contributed by atoms with E-state index in [1.807, 2.05) is 45.4 Å². The van der Waals surface area contributed by atoms with Crippen LogP contribution in [0, 0.1) is 0 Å². The molecule has 0 fully saturated rings. The molecule has 1 unspecified atom stereocenters. The summed E-state index contributed by atoms with van der Waals surface area (Å²) in [5.41, 5.74) is 1.12. The summed E-state index contributed by atoms with van der Waals surface area (Å²) in [7, 11) is 6.02. The van der Waals surface area contributed by atoms with Gasteiger partial charge in [-0.25, -0.2) is 4.98 Å². The summed E-state index contributed by atoms with van der Waals surface area (Å²) in [4.78, 5) is 19.6. The molecule has 7 nitrogen and oxygen atoms in total. The first-order valence-electron chi connectivity index (χ1n) is 8.70. The van der Waals surface area contributed by atoms with Gasteiger partial charge in [0.25, 0.3) is 0 Å². The zero-order valence-electron chi connectivity index (χ0n) is 15.9. The molecule has 1 atom stereocenters. The highest BCUT2D eigenvalue weighted by Crippen LogP contribution is 2.13. The molecule has 146 valence electrons. The average molecular weight is 394 g/mol. The van der Waals surface area contributed by atoms with Gasteiger partial charge >= 0.3 is 5.97 Å². The van der Waals surface area contributed by atoms with Gasteiger partial charge in [0.15, 0.2) is 0 Å². The highest BCUT2D eigenvalue weighted by Gasteiger charge is 2.22. The van der Waals surface area contributed by atoms with Crippen LogP contribution in [0.4, 0.5) is 5.95 Å². The highest BCUT2D eigenvalue weighted by atomic mass is 35.5. The molecular formula is C19H26ClN4O3+. The summed E-state index contributed by atoms with van der Waals surface area (Å²) >= 11 is 5.88. The molecule has 0 spiro atoms. The largest absolute Gasteiger partial charge is 0.481 e. The first-order chi connectivity index (χ1) is 12.7. The monoisotopic (exact) mass is 393 g/mol. The SMILES string of the molecule is C[N+](C)(C)CC(CC(=O)O)Nc1nccc(OCCc2ccc(Cl)cc2)n1. The van der Waals surface area contributed by atoms with Crippen LogP contribution in [0.3, 0.4) is 0 Å². The summed E-state index contributed by atoms with van der Waals surface area (Å²) in [5, 5.41) is 12.9. The lowest BCUT2D eigenvalue weighted by atomic mass is 10.2. The van der Waals surface area contributed by atoms with Crippen molar-refractivity contribution in [2.75, 3.05) is 39.6 Å². The van der Waals surface area contributed by atoms with Gasteiger partial charge < -0.3 is 19.6 Å². The van der Waals surface area contributed by atoms with Gasteiger partial charge in [0, 0.05) is 23.7 Å². The number of benzene rings is 1. The van der Waals surface area contributed by atoms with Gasteiger partial charge in [-0.15, -0.1) is 0 Å². The fourth-order valence-electron chi connectivity index (χ4n) is 2.63. The summed E-state index contributed by atoms with van der Waals surface area (Å²) in [6, 6.07) is 9.01. The Hall–Kier alpha value is -2.38. The summed E-state index contributed by atoms with van der Waals surface area (Å²) in [6.45, 7) is 1.09. The lowest BCUT2D eigenvalue weighted by molar-refractivity contribution is -0.870. The third kappa shape index (κ3) is 8.23. The first kappa shape index (κ1) is 20.9. The van der Waals surface area contributed by atoms with E-state index in [0.29, 0.717) is 34.5 Å². The number of carboxylic acid groups (broad SMARTS) is 1. The quantitative estimate of drug-likeness (QED) is 0.604. The molecule has 0 aliphatic carbocycles. The predicted molar refractivity (Wildman–Crippen MR) is 105 cm³/mol. The van der Waals surface area contributed by atoms with Crippen LogP contribution in [0.15, 0.2) is 36.5 Å². The lowest BCUT2D eigenvalue weighted by Gasteiger charge is -2.29. The van der Waals surface area contributed by atoms with Crippen molar-refractivity contribution in [1.29, 1.82) is 0 Å². The van der Waals surface area contributed by atoms with Crippen LogP contribution in [0.25, 0.3) is 0 Å². The van der Waals surface area contributed by atoms with E-state index in [-0.39, 0.29) is 12.5 Å². The van der Waals surface area contributed by atoms with Crippen molar-refractivity contribution in [3.8, 4) is 5.88 Å². The van der Waals surface area contributed by atoms with Gasteiger partial charge in [0.1, 0.15) is 0 Å². The van der Waals surface area contributed by atoms with Crippen LogP contribution in [-0.2, 0) is 11.2 Å². The van der Waals surface area contributed by atoms with Crippen molar-refractivity contribution >= 4 is 23.5 Å². The number of ether oxygens (including phenoxy) is 1. The maximum absolute atomic E-state index is 11.1. The van der Waals surface area contributed by atoms with E-state index in [2.05, 4.69) is 15.3 Å². The molecule has 0 bridgehead atoms. The molecule has 2 aromatic rings. The number of carboxylic acids is 1. The average Bonchev–Trinajstić information content (AvgIpc) is 2.55. The normalized spacial score (nSPS) is 12.4. The Bertz CT molecular complexity index is 747. The number of aliphatic carboxylic acids is 1. The van der Waals surface area contributed by atoms with Crippen molar-refractivity contribution in [2.45, 2.75) is 18.9 Å². The Morgan fingerprint density at radius 1 is 1.26 bits per heavy atom. The molecular weight excluding hydrogens is 368 g/mol. The van der Waals surface area contributed by atoms with E-state index in [1.165, 1.54) is 0 Å². The second kappa shape index (κ2) is 9.53. The fourth-order valence-corrected chi connectivity index (χ4v) is 2.76. The van der Waals surface area contributed by atoms with Gasteiger partial charge in [-0.2, -0.15) is 4.98 Å². The molecule has 0 radical (unpaired) electrons. The lowest BCUT2D eigenvalue weighted by Crippen LogP contribution is -2.45. The third-order valence-corrected chi connectivity index (χ3v) is 3.96. The van der Waals surface area contributed by atoms with Crippen LogP contribution >= 0.6 is 11.6 Å². The standard InChI is InChI=1S/C19H25ClN4O3/c1-24(2,3)13-16(12-18(25)26)22-19-21-10-8-17(23-19)27-11-9-14-4-6-15(20)7-5-14/h4-8,10,16H,9,11-13H2,1-3H3,(H-,21,22,23,25,26)/p+1. The van der Waals surface area contributed by atoms with Crippen molar-refractivity contribution in [3.63, 3.8) is 0 Å². The molecule has 1 aromatic carbocycles. The van der Waals surface area contributed by atoms with Gasteiger partial charge in [0.2, 0.25) is 11.8 Å². The Morgan fingerprint density at radius 2 is 1.96 bits per heavy atom. The molecule has 8 heteroatoms. The number of halogens is 1. The Kier molecular flexibility index (Phi) is 7.38. The molecule has 2 N–H and O–H groups in total. The van der Waals surface area contributed by atoms with Crippen molar-refractivity contribution in [1.82, 2.24) is 9.97 Å². The number of anilines is 1. The summed E-state index contributed by atoms with van der Waals surface area (Å²) in [6.07, 6.45) is 2.31. The van der Waals surface area contributed by atoms with Gasteiger partial charge in [-0.1, -0.05) is 23.7 Å². The maximum Gasteiger partial charge on any atom is 0.305 e. The summed E-state index contributed by atoms with van der Waals surface area (Å²) < 4.78 is 6.33. The number of hydrogen-bond donors (Lipinski definition) is 2. The van der Waals surface area contributed by atoms with Crippen LogP contribution in [0.5, 0.6) is 5.88 Å². The number of nitrogens with one attached hydrogen (secondary N) is 1. The zero-order chi connectivity index (χ0) is 19.9.